The summed E-state index contributed by atoms with van der Waals surface area (Å²) in [6, 6.07) is 0. The van der Waals surface area contributed by atoms with E-state index in [0.717, 1.165) is 12.1 Å². The van der Waals surface area contributed by atoms with Gasteiger partial charge in [-0.25, -0.2) is 4.98 Å². The standard InChI is InChI=1S/C8H10NO/c1-3-4-5-8-6-10-7(2)9-8/h3,5-6H,1,4H2,2H3. The van der Waals surface area contributed by atoms with Crippen molar-refractivity contribution in [3.05, 3.63) is 36.9 Å². The maximum absolute atomic E-state index is 4.98. The maximum atomic E-state index is 4.98. The lowest BCUT2D eigenvalue weighted by Crippen LogP contribution is -1.78. The van der Waals surface area contributed by atoms with Gasteiger partial charge in [0.2, 0.25) is 0 Å². The number of allylic oxidation sites excluding steroid dienone is 1. The quantitative estimate of drug-likeness (QED) is 0.595. The summed E-state index contributed by atoms with van der Waals surface area (Å²) in [5.74, 6) is 0.704. The molecule has 0 fully saturated rings. The Balaban J connectivity index is 2.49. The van der Waals surface area contributed by atoms with E-state index in [0.29, 0.717) is 5.89 Å². The van der Waals surface area contributed by atoms with E-state index >= 15 is 0 Å². The van der Waals surface area contributed by atoms with Crippen LogP contribution in [0.2, 0.25) is 0 Å². The molecule has 1 radical (unpaired) electrons. The molecule has 0 aromatic carbocycles. The van der Waals surface area contributed by atoms with Crippen molar-refractivity contribution in [1.29, 1.82) is 0 Å². The van der Waals surface area contributed by atoms with E-state index in [1.807, 2.05) is 19.4 Å². The van der Waals surface area contributed by atoms with Gasteiger partial charge in [0.05, 0.1) is 5.69 Å². The van der Waals surface area contributed by atoms with Crippen LogP contribution in [-0.4, -0.2) is 4.98 Å². The molecule has 0 amide bonds. The Morgan fingerprint density at radius 2 is 2.60 bits per heavy atom. The van der Waals surface area contributed by atoms with E-state index in [9.17, 15) is 0 Å². The summed E-state index contributed by atoms with van der Waals surface area (Å²) >= 11 is 0. The maximum Gasteiger partial charge on any atom is 0.191 e. The largest absolute Gasteiger partial charge is 0.449 e. The van der Waals surface area contributed by atoms with Crippen molar-refractivity contribution >= 4 is 0 Å². The molecule has 1 rings (SSSR count). The van der Waals surface area contributed by atoms with Crippen molar-refractivity contribution in [2.24, 2.45) is 0 Å². The van der Waals surface area contributed by atoms with Crippen molar-refractivity contribution in [3.63, 3.8) is 0 Å². The number of aromatic nitrogens is 1. The Hall–Kier alpha value is -1.05. The molecule has 0 unspecified atom stereocenters. The highest BCUT2D eigenvalue weighted by Gasteiger charge is 1.96. The van der Waals surface area contributed by atoms with E-state index in [1.54, 1.807) is 6.26 Å². The summed E-state index contributed by atoms with van der Waals surface area (Å²) in [5, 5.41) is 0. The lowest BCUT2D eigenvalue weighted by atomic mass is 10.2. The summed E-state index contributed by atoms with van der Waals surface area (Å²) in [6.45, 7) is 5.42. The highest BCUT2D eigenvalue weighted by atomic mass is 16.3. The number of nitrogens with zero attached hydrogens (tertiary/aromatic N) is 1. The smallest absolute Gasteiger partial charge is 0.191 e. The Labute approximate surface area is 60.6 Å². The minimum Gasteiger partial charge on any atom is -0.449 e. The highest BCUT2D eigenvalue weighted by Crippen LogP contribution is 2.04. The number of hydrogen-bond acceptors (Lipinski definition) is 2. The molecule has 0 aliphatic rings. The molecule has 53 valence electrons. The lowest BCUT2D eigenvalue weighted by molar-refractivity contribution is 0.521. The Morgan fingerprint density at radius 3 is 3.10 bits per heavy atom. The average Bonchev–Trinajstić information content (AvgIpc) is 2.31. The second-order valence-electron chi connectivity index (χ2n) is 2.02. The summed E-state index contributed by atoms with van der Waals surface area (Å²) in [7, 11) is 0. The molecule has 1 aromatic heterocycles. The predicted molar refractivity (Wildman–Crippen MR) is 39.5 cm³/mol. The van der Waals surface area contributed by atoms with Crippen LogP contribution >= 0.6 is 0 Å². The molecule has 0 bridgehead atoms. The molecule has 0 aliphatic carbocycles. The second-order valence-corrected chi connectivity index (χ2v) is 2.02. The molecule has 0 N–H and O–H groups in total. The van der Waals surface area contributed by atoms with Crippen molar-refractivity contribution in [1.82, 2.24) is 4.98 Å². The molecular weight excluding hydrogens is 126 g/mol. The van der Waals surface area contributed by atoms with Gasteiger partial charge in [-0.2, -0.15) is 0 Å². The monoisotopic (exact) mass is 136 g/mol. The normalized spacial score (nSPS) is 9.70. The molecule has 0 atom stereocenters. The Bertz CT molecular complexity index is 215. The molecule has 2 heteroatoms. The Kier molecular flexibility index (Phi) is 2.26. The van der Waals surface area contributed by atoms with Gasteiger partial charge in [-0.15, -0.1) is 6.58 Å². The Morgan fingerprint density at radius 1 is 1.80 bits per heavy atom. The first kappa shape index (κ1) is 7.06. The molecule has 10 heavy (non-hydrogen) atoms. The van der Waals surface area contributed by atoms with Gasteiger partial charge in [0.15, 0.2) is 5.89 Å². The first-order valence-corrected chi connectivity index (χ1v) is 3.19. The summed E-state index contributed by atoms with van der Waals surface area (Å²) in [6.07, 6.45) is 6.26. The van der Waals surface area contributed by atoms with Crippen LogP contribution in [0.25, 0.3) is 0 Å². The SMILES string of the molecule is C=CC[CH]c1coc(C)n1. The van der Waals surface area contributed by atoms with Crippen molar-refractivity contribution in [2.75, 3.05) is 0 Å². The minimum atomic E-state index is 0.704. The van der Waals surface area contributed by atoms with Crippen molar-refractivity contribution in [2.45, 2.75) is 13.3 Å². The van der Waals surface area contributed by atoms with E-state index in [2.05, 4.69) is 11.6 Å². The van der Waals surface area contributed by atoms with E-state index < -0.39 is 0 Å². The van der Waals surface area contributed by atoms with Gasteiger partial charge < -0.3 is 4.42 Å². The first-order chi connectivity index (χ1) is 4.83. The third kappa shape index (κ3) is 1.72. The third-order valence-electron chi connectivity index (χ3n) is 1.13. The van der Waals surface area contributed by atoms with E-state index in [1.165, 1.54) is 0 Å². The lowest BCUT2D eigenvalue weighted by Gasteiger charge is -1.84. The van der Waals surface area contributed by atoms with Gasteiger partial charge >= 0.3 is 0 Å². The van der Waals surface area contributed by atoms with Crippen molar-refractivity contribution in [3.8, 4) is 0 Å². The number of hydrogen-bond donors (Lipinski definition) is 0. The van der Waals surface area contributed by atoms with E-state index in [4.69, 9.17) is 4.42 Å². The zero-order valence-electron chi connectivity index (χ0n) is 6.00. The fourth-order valence-electron chi connectivity index (χ4n) is 0.678. The zero-order valence-corrected chi connectivity index (χ0v) is 6.00. The molecular formula is C8H10NO. The third-order valence-corrected chi connectivity index (χ3v) is 1.13. The van der Waals surface area contributed by atoms with Crippen LogP contribution in [0.5, 0.6) is 0 Å². The number of rotatable bonds is 3. The van der Waals surface area contributed by atoms with Gasteiger partial charge in [-0.05, 0) is 6.42 Å². The second kappa shape index (κ2) is 3.20. The number of aryl methyl sites for hydroxylation is 1. The van der Waals surface area contributed by atoms with Crippen LogP contribution in [0.4, 0.5) is 0 Å². The topological polar surface area (TPSA) is 26.0 Å². The predicted octanol–water partition coefficient (Wildman–Crippen LogP) is 2.11. The van der Waals surface area contributed by atoms with Crippen LogP contribution in [-0.2, 0) is 0 Å². The molecule has 0 saturated heterocycles. The first-order valence-electron chi connectivity index (χ1n) is 3.19. The van der Waals surface area contributed by atoms with Gasteiger partial charge in [0.1, 0.15) is 6.26 Å². The highest BCUT2D eigenvalue weighted by molar-refractivity contribution is 5.09. The molecule has 1 heterocycles. The van der Waals surface area contributed by atoms with Crippen LogP contribution in [0.1, 0.15) is 18.0 Å². The van der Waals surface area contributed by atoms with Crippen LogP contribution in [0.3, 0.4) is 0 Å². The van der Waals surface area contributed by atoms with Crippen molar-refractivity contribution < 1.29 is 4.42 Å². The van der Waals surface area contributed by atoms with Crippen LogP contribution in [0, 0.1) is 13.3 Å². The summed E-state index contributed by atoms with van der Waals surface area (Å²) in [4.78, 5) is 4.08. The minimum absolute atomic E-state index is 0.704. The molecule has 2 nitrogen and oxygen atoms in total. The van der Waals surface area contributed by atoms with Gasteiger partial charge in [0, 0.05) is 13.3 Å². The van der Waals surface area contributed by atoms with Crippen LogP contribution in [0.15, 0.2) is 23.3 Å². The van der Waals surface area contributed by atoms with Gasteiger partial charge in [0.25, 0.3) is 0 Å². The summed E-state index contributed by atoms with van der Waals surface area (Å²) in [5.41, 5.74) is 0.886. The summed E-state index contributed by atoms with van der Waals surface area (Å²) < 4.78 is 4.98. The fraction of sp³-hybridized carbons (Fsp3) is 0.250. The van der Waals surface area contributed by atoms with Gasteiger partial charge in [-0.3, -0.25) is 0 Å². The molecule has 0 aliphatic heterocycles. The van der Waals surface area contributed by atoms with Crippen LogP contribution < -0.4 is 0 Å². The zero-order chi connectivity index (χ0) is 7.40. The number of oxazole rings is 1. The average molecular weight is 136 g/mol. The molecule has 0 saturated carbocycles. The molecule has 0 spiro atoms. The van der Waals surface area contributed by atoms with E-state index in [-0.39, 0.29) is 0 Å². The fourth-order valence-corrected chi connectivity index (χ4v) is 0.678. The van der Waals surface area contributed by atoms with Gasteiger partial charge in [-0.1, -0.05) is 6.08 Å². The molecule has 1 aromatic rings.